The van der Waals surface area contributed by atoms with Gasteiger partial charge in [0.25, 0.3) is 0 Å². The highest BCUT2D eigenvalue weighted by atomic mass is 19.1. The molecule has 1 amide bonds. The molecule has 0 aliphatic carbocycles. The van der Waals surface area contributed by atoms with Crippen LogP contribution >= 0.6 is 0 Å². The maximum absolute atomic E-state index is 13.9. The first kappa shape index (κ1) is 14.1. The van der Waals surface area contributed by atoms with Crippen molar-refractivity contribution < 1.29 is 27.9 Å². The highest BCUT2D eigenvalue weighted by molar-refractivity contribution is 6.16. The first-order valence-corrected chi connectivity index (χ1v) is 5.79. The minimum Gasteiger partial charge on any atom is -0.497 e. The number of hydrogen-bond donors (Lipinski definition) is 1. The van der Waals surface area contributed by atoms with E-state index in [1.807, 2.05) is 0 Å². The Labute approximate surface area is 112 Å². The van der Waals surface area contributed by atoms with Crippen molar-refractivity contribution in [3.8, 4) is 5.75 Å². The maximum Gasteiger partial charge on any atom is 0.237 e. The Morgan fingerprint density at radius 3 is 2.40 bits per heavy atom. The number of methoxy groups -OCH3 is 1. The van der Waals surface area contributed by atoms with Crippen LogP contribution in [0.5, 0.6) is 5.75 Å². The Kier molecular flexibility index (Phi) is 3.78. The molecular weight excluding hydrogens is 272 g/mol. The van der Waals surface area contributed by atoms with Crippen molar-refractivity contribution in [1.82, 2.24) is 5.32 Å². The van der Waals surface area contributed by atoms with E-state index in [1.165, 1.54) is 7.11 Å². The van der Waals surface area contributed by atoms with Crippen LogP contribution in [0.15, 0.2) is 12.1 Å². The zero-order valence-electron chi connectivity index (χ0n) is 10.5. The van der Waals surface area contributed by atoms with Crippen molar-refractivity contribution >= 4 is 18.0 Å². The van der Waals surface area contributed by atoms with E-state index in [2.05, 4.69) is 5.32 Å². The fourth-order valence-corrected chi connectivity index (χ4v) is 2.14. The molecule has 0 bridgehead atoms. The number of halogens is 2. The second-order valence-electron chi connectivity index (χ2n) is 4.32. The van der Waals surface area contributed by atoms with Crippen LogP contribution in [0.1, 0.15) is 11.5 Å². The summed E-state index contributed by atoms with van der Waals surface area (Å²) in [5.74, 6) is -6.27. The number of Topliss-reactive ketones (excluding diaryl/α,β-unsaturated/α-hetero) is 1. The molecule has 106 valence electrons. The van der Waals surface area contributed by atoms with E-state index in [1.54, 1.807) is 0 Å². The van der Waals surface area contributed by atoms with Crippen molar-refractivity contribution in [2.45, 2.75) is 5.92 Å². The van der Waals surface area contributed by atoms with Gasteiger partial charge in [-0.05, 0) is 0 Å². The predicted octanol–water partition coefficient (Wildman–Crippen LogP) is 0.571. The molecule has 7 heteroatoms. The first-order valence-electron chi connectivity index (χ1n) is 5.79. The lowest BCUT2D eigenvalue weighted by Crippen LogP contribution is -2.48. The third kappa shape index (κ3) is 2.26. The first-order chi connectivity index (χ1) is 9.49. The molecule has 1 fully saturated rings. The van der Waals surface area contributed by atoms with Crippen molar-refractivity contribution in [2.75, 3.05) is 13.7 Å². The van der Waals surface area contributed by atoms with Gasteiger partial charge in [-0.2, -0.15) is 0 Å². The molecule has 2 atom stereocenters. The molecule has 2 rings (SSSR count). The Morgan fingerprint density at radius 2 is 1.90 bits per heavy atom. The number of rotatable bonds is 3. The van der Waals surface area contributed by atoms with E-state index in [0.29, 0.717) is 0 Å². The summed E-state index contributed by atoms with van der Waals surface area (Å²) in [5, 5.41) is 2.29. The standard InChI is InChI=1S/C13H11F2NO4/c1-20-6-2-9(14)11(10(15)3-6)7-4-16-13(19)8(5-17)12(7)18/h2-3,5,7-8H,4H2,1H3,(H,16,19). The molecule has 1 aliphatic heterocycles. The van der Waals surface area contributed by atoms with Gasteiger partial charge in [-0.3, -0.25) is 9.59 Å². The number of carbonyl (C=O) groups is 3. The fourth-order valence-electron chi connectivity index (χ4n) is 2.14. The second kappa shape index (κ2) is 5.36. The third-order valence-electron chi connectivity index (χ3n) is 3.19. The van der Waals surface area contributed by atoms with E-state index in [4.69, 9.17) is 4.74 Å². The van der Waals surface area contributed by atoms with Gasteiger partial charge < -0.3 is 14.8 Å². The smallest absolute Gasteiger partial charge is 0.237 e. The lowest BCUT2D eigenvalue weighted by Gasteiger charge is -2.26. The zero-order chi connectivity index (χ0) is 14.9. The molecule has 1 heterocycles. The second-order valence-corrected chi connectivity index (χ2v) is 4.32. The van der Waals surface area contributed by atoms with Crippen LogP contribution in [0.4, 0.5) is 8.78 Å². The number of piperidine rings is 1. The summed E-state index contributed by atoms with van der Waals surface area (Å²) in [6.07, 6.45) is 0.170. The van der Waals surface area contributed by atoms with E-state index < -0.39 is 40.7 Å². The van der Waals surface area contributed by atoms with Gasteiger partial charge in [0.05, 0.1) is 13.0 Å². The lowest BCUT2D eigenvalue weighted by atomic mass is 9.84. The van der Waals surface area contributed by atoms with Crippen LogP contribution in [0, 0.1) is 17.6 Å². The molecule has 1 aromatic carbocycles. The zero-order valence-corrected chi connectivity index (χ0v) is 10.5. The Balaban J connectivity index is 2.44. The molecule has 0 aromatic heterocycles. The van der Waals surface area contributed by atoms with Crippen LogP contribution in [-0.2, 0) is 14.4 Å². The van der Waals surface area contributed by atoms with Crippen LogP contribution in [-0.4, -0.2) is 31.6 Å². The van der Waals surface area contributed by atoms with Gasteiger partial charge in [0, 0.05) is 24.2 Å². The summed E-state index contributed by atoms with van der Waals surface area (Å²) in [6, 6.07) is 1.88. The minimum absolute atomic E-state index is 0.0250. The Hall–Kier alpha value is -2.31. The van der Waals surface area contributed by atoms with Crippen LogP contribution < -0.4 is 10.1 Å². The number of carbonyl (C=O) groups excluding carboxylic acids is 3. The van der Waals surface area contributed by atoms with Gasteiger partial charge in [0.15, 0.2) is 11.7 Å². The summed E-state index contributed by atoms with van der Waals surface area (Å²) >= 11 is 0. The SMILES string of the molecule is COc1cc(F)c(C2CNC(=O)C(C=O)C2=O)c(F)c1. The highest BCUT2D eigenvalue weighted by Gasteiger charge is 2.40. The number of aldehydes is 1. The van der Waals surface area contributed by atoms with Crippen molar-refractivity contribution in [3.05, 3.63) is 29.3 Å². The fraction of sp³-hybridized carbons (Fsp3) is 0.308. The van der Waals surface area contributed by atoms with Crippen molar-refractivity contribution in [2.24, 2.45) is 5.92 Å². The minimum atomic E-state index is -1.53. The number of hydrogen-bond acceptors (Lipinski definition) is 4. The van der Waals surface area contributed by atoms with Gasteiger partial charge >= 0.3 is 0 Å². The number of ketones is 1. The number of benzene rings is 1. The molecule has 0 radical (unpaired) electrons. The Morgan fingerprint density at radius 1 is 1.30 bits per heavy atom. The molecule has 5 nitrogen and oxygen atoms in total. The largest absolute Gasteiger partial charge is 0.497 e. The summed E-state index contributed by atoms with van der Waals surface area (Å²) in [5.41, 5.74) is -0.470. The summed E-state index contributed by atoms with van der Waals surface area (Å²) < 4.78 is 32.5. The van der Waals surface area contributed by atoms with Gasteiger partial charge in [0.2, 0.25) is 5.91 Å². The predicted molar refractivity (Wildman–Crippen MR) is 63.2 cm³/mol. The van der Waals surface area contributed by atoms with Crippen LogP contribution in [0.25, 0.3) is 0 Å². The summed E-state index contributed by atoms with van der Waals surface area (Å²) in [4.78, 5) is 34.0. The average Bonchev–Trinajstić information content (AvgIpc) is 2.40. The molecular formula is C13H11F2NO4. The van der Waals surface area contributed by atoms with Gasteiger partial charge in [0.1, 0.15) is 23.7 Å². The average molecular weight is 283 g/mol. The van der Waals surface area contributed by atoms with E-state index in [-0.39, 0.29) is 18.6 Å². The highest BCUT2D eigenvalue weighted by Crippen LogP contribution is 2.30. The van der Waals surface area contributed by atoms with Crippen molar-refractivity contribution in [3.63, 3.8) is 0 Å². The topological polar surface area (TPSA) is 72.5 Å². The number of nitrogens with one attached hydrogen (secondary N) is 1. The molecule has 1 aliphatic rings. The molecule has 0 saturated carbocycles. The Bertz CT molecular complexity index is 565. The molecule has 1 saturated heterocycles. The quantitative estimate of drug-likeness (QED) is 0.650. The van der Waals surface area contributed by atoms with Gasteiger partial charge in [-0.25, -0.2) is 8.78 Å². The molecule has 20 heavy (non-hydrogen) atoms. The normalized spacial score (nSPS) is 22.4. The number of amides is 1. The van der Waals surface area contributed by atoms with Gasteiger partial charge in [-0.1, -0.05) is 0 Å². The van der Waals surface area contributed by atoms with Gasteiger partial charge in [-0.15, -0.1) is 0 Å². The summed E-state index contributed by atoms with van der Waals surface area (Å²) in [6.45, 7) is -0.248. The molecule has 1 aromatic rings. The van der Waals surface area contributed by atoms with E-state index in [0.717, 1.165) is 12.1 Å². The van der Waals surface area contributed by atoms with Crippen molar-refractivity contribution in [1.29, 1.82) is 0 Å². The maximum atomic E-state index is 13.9. The lowest BCUT2D eigenvalue weighted by molar-refractivity contribution is -0.140. The monoisotopic (exact) mass is 283 g/mol. The van der Waals surface area contributed by atoms with Crippen LogP contribution in [0.2, 0.25) is 0 Å². The third-order valence-corrected chi connectivity index (χ3v) is 3.19. The van der Waals surface area contributed by atoms with E-state index in [9.17, 15) is 23.2 Å². The molecule has 0 spiro atoms. The number of ether oxygens (including phenoxy) is 1. The molecule has 1 N–H and O–H groups in total. The van der Waals surface area contributed by atoms with Crippen LogP contribution in [0.3, 0.4) is 0 Å². The summed E-state index contributed by atoms with van der Waals surface area (Å²) in [7, 11) is 1.25. The van der Waals surface area contributed by atoms with E-state index >= 15 is 0 Å². The molecule has 2 unspecified atom stereocenters.